The summed E-state index contributed by atoms with van der Waals surface area (Å²) in [4.78, 5) is 8.00. The number of aliphatic imine (C=N–C) groups is 1. The SMILES string of the molecule is CN=C(NCc1nccn1C(F)F)NCC1(c2ccccc2F)CC1. The van der Waals surface area contributed by atoms with Crippen LogP contribution in [0.2, 0.25) is 0 Å². The van der Waals surface area contributed by atoms with Gasteiger partial charge >= 0.3 is 6.55 Å². The fourth-order valence-corrected chi connectivity index (χ4v) is 2.88. The molecule has 0 radical (unpaired) electrons. The molecule has 0 aliphatic heterocycles. The molecule has 5 nitrogen and oxygen atoms in total. The number of rotatable bonds is 6. The quantitative estimate of drug-likeness (QED) is 0.622. The van der Waals surface area contributed by atoms with Gasteiger partial charge in [-0.2, -0.15) is 8.78 Å². The molecule has 3 rings (SSSR count). The van der Waals surface area contributed by atoms with Crippen molar-refractivity contribution >= 4 is 5.96 Å². The molecule has 1 aromatic heterocycles. The van der Waals surface area contributed by atoms with E-state index in [9.17, 15) is 13.2 Å². The molecular formula is C17H20F3N5. The monoisotopic (exact) mass is 351 g/mol. The number of nitrogens with zero attached hydrogens (tertiary/aromatic N) is 3. The summed E-state index contributed by atoms with van der Waals surface area (Å²) in [7, 11) is 1.59. The summed E-state index contributed by atoms with van der Waals surface area (Å²) < 4.78 is 40.5. The van der Waals surface area contributed by atoms with Crippen LogP contribution in [0.1, 0.15) is 30.8 Å². The summed E-state index contributed by atoms with van der Waals surface area (Å²) in [5, 5.41) is 6.12. The highest BCUT2D eigenvalue weighted by molar-refractivity contribution is 5.79. The lowest BCUT2D eigenvalue weighted by molar-refractivity contribution is 0.0668. The fourth-order valence-electron chi connectivity index (χ4n) is 2.88. The Bertz CT molecular complexity index is 752. The maximum absolute atomic E-state index is 14.0. The third-order valence-corrected chi connectivity index (χ3v) is 4.49. The molecule has 0 unspecified atom stereocenters. The standard InChI is InChI=1S/C17H20F3N5/c1-21-16(23-10-14-22-8-9-25(14)15(19)20)24-11-17(6-7-17)12-4-2-3-5-13(12)18/h2-5,8-9,15H,6-7,10-11H2,1H3,(H2,21,23,24). The van der Waals surface area contributed by atoms with Crippen LogP contribution in [0, 0.1) is 5.82 Å². The summed E-state index contributed by atoms with van der Waals surface area (Å²) in [6, 6.07) is 6.77. The highest BCUT2D eigenvalue weighted by atomic mass is 19.3. The number of aromatic nitrogens is 2. The molecule has 0 amide bonds. The van der Waals surface area contributed by atoms with Crippen LogP contribution in [-0.2, 0) is 12.0 Å². The summed E-state index contributed by atoms with van der Waals surface area (Å²) in [5.41, 5.74) is 0.468. The number of hydrogen-bond donors (Lipinski definition) is 2. The van der Waals surface area contributed by atoms with Gasteiger partial charge in [-0.25, -0.2) is 9.37 Å². The lowest BCUT2D eigenvalue weighted by Gasteiger charge is -2.19. The number of hydrogen-bond acceptors (Lipinski definition) is 2. The van der Waals surface area contributed by atoms with Gasteiger partial charge in [-0.1, -0.05) is 18.2 Å². The number of imidazole rings is 1. The largest absolute Gasteiger partial charge is 0.356 e. The minimum absolute atomic E-state index is 0.115. The summed E-state index contributed by atoms with van der Waals surface area (Å²) >= 11 is 0. The minimum atomic E-state index is -2.63. The molecule has 2 N–H and O–H groups in total. The Kier molecular flexibility index (Phi) is 4.96. The van der Waals surface area contributed by atoms with E-state index in [1.807, 2.05) is 6.07 Å². The smallest absolute Gasteiger partial charge is 0.319 e. The Morgan fingerprint density at radius 3 is 2.72 bits per heavy atom. The van der Waals surface area contributed by atoms with Crippen molar-refractivity contribution in [1.29, 1.82) is 0 Å². The summed E-state index contributed by atoms with van der Waals surface area (Å²) in [6.45, 7) is -1.99. The van der Waals surface area contributed by atoms with Gasteiger partial charge in [0.15, 0.2) is 5.96 Å². The van der Waals surface area contributed by atoms with Crippen molar-refractivity contribution in [2.45, 2.75) is 31.4 Å². The molecule has 25 heavy (non-hydrogen) atoms. The van der Waals surface area contributed by atoms with Gasteiger partial charge in [0.05, 0.1) is 6.54 Å². The average Bonchev–Trinajstić information content (AvgIpc) is 3.23. The molecular weight excluding hydrogens is 331 g/mol. The van der Waals surface area contributed by atoms with Crippen LogP contribution in [-0.4, -0.2) is 29.1 Å². The Morgan fingerprint density at radius 2 is 2.08 bits per heavy atom. The zero-order valence-electron chi connectivity index (χ0n) is 13.8. The molecule has 1 aliphatic carbocycles. The average molecular weight is 351 g/mol. The first kappa shape index (κ1) is 17.3. The van der Waals surface area contributed by atoms with Crippen molar-refractivity contribution in [3.63, 3.8) is 0 Å². The number of halogens is 3. The molecule has 1 saturated carbocycles. The third-order valence-electron chi connectivity index (χ3n) is 4.49. The van der Waals surface area contributed by atoms with Gasteiger partial charge in [-0.05, 0) is 24.5 Å². The zero-order chi connectivity index (χ0) is 17.9. The van der Waals surface area contributed by atoms with E-state index in [4.69, 9.17) is 0 Å². The fraction of sp³-hybridized carbons (Fsp3) is 0.412. The van der Waals surface area contributed by atoms with Crippen LogP contribution in [0.4, 0.5) is 13.2 Å². The van der Waals surface area contributed by atoms with Gasteiger partial charge < -0.3 is 10.6 Å². The number of guanidine groups is 1. The molecule has 1 fully saturated rings. The predicted octanol–water partition coefficient (Wildman–Crippen LogP) is 2.81. The van der Waals surface area contributed by atoms with Crippen LogP contribution in [0.15, 0.2) is 41.7 Å². The minimum Gasteiger partial charge on any atom is -0.356 e. The normalized spacial score (nSPS) is 16.1. The van der Waals surface area contributed by atoms with Crippen molar-refractivity contribution < 1.29 is 13.2 Å². The third kappa shape index (κ3) is 3.78. The first-order valence-corrected chi connectivity index (χ1v) is 8.05. The molecule has 0 bridgehead atoms. The van der Waals surface area contributed by atoms with Crippen LogP contribution < -0.4 is 10.6 Å². The second-order valence-electron chi connectivity index (χ2n) is 6.07. The number of alkyl halides is 2. The highest BCUT2D eigenvalue weighted by Crippen LogP contribution is 2.48. The van der Waals surface area contributed by atoms with E-state index >= 15 is 0 Å². The van der Waals surface area contributed by atoms with Crippen molar-refractivity contribution in [2.24, 2.45) is 4.99 Å². The van der Waals surface area contributed by atoms with Crippen molar-refractivity contribution in [3.8, 4) is 0 Å². The number of nitrogens with one attached hydrogen (secondary N) is 2. The van der Waals surface area contributed by atoms with Crippen LogP contribution in [0.3, 0.4) is 0 Å². The molecule has 0 saturated heterocycles. The Balaban J connectivity index is 1.58. The predicted molar refractivity (Wildman–Crippen MR) is 89.0 cm³/mol. The van der Waals surface area contributed by atoms with Gasteiger partial charge in [0.1, 0.15) is 11.6 Å². The van der Waals surface area contributed by atoms with Crippen LogP contribution >= 0.6 is 0 Å². The molecule has 134 valence electrons. The maximum atomic E-state index is 14.0. The molecule has 1 aliphatic rings. The Hall–Kier alpha value is -2.51. The highest BCUT2D eigenvalue weighted by Gasteiger charge is 2.45. The number of benzene rings is 1. The Labute approximate surface area is 144 Å². The Morgan fingerprint density at radius 1 is 1.32 bits per heavy atom. The van der Waals surface area contributed by atoms with Crippen molar-refractivity contribution in [3.05, 3.63) is 53.9 Å². The van der Waals surface area contributed by atoms with E-state index in [1.165, 1.54) is 18.5 Å². The van der Waals surface area contributed by atoms with E-state index in [0.717, 1.165) is 17.4 Å². The molecule has 1 heterocycles. The molecule has 8 heteroatoms. The summed E-state index contributed by atoms with van der Waals surface area (Å²) in [5.74, 6) is 0.475. The first-order valence-electron chi connectivity index (χ1n) is 8.05. The van der Waals surface area contributed by atoms with E-state index < -0.39 is 6.55 Å². The van der Waals surface area contributed by atoms with Gasteiger partial charge in [0.25, 0.3) is 0 Å². The topological polar surface area (TPSA) is 54.2 Å². The second-order valence-corrected chi connectivity index (χ2v) is 6.07. The molecule has 0 atom stereocenters. The molecule has 1 aromatic carbocycles. The lowest BCUT2D eigenvalue weighted by Crippen LogP contribution is -2.41. The van der Waals surface area contributed by atoms with E-state index in [0.29, 0.717) is 18.1 Å². The van der Waals surface area contributed by atoms with Gasteiger partial charge in [-0.3, -0.25) is 9.56 Å². The van der Waals surface area contributed by atoms with Gasteiger partial charge in [0.2, 0.25) is 0 Å². The first-order chi connectivity index (χ1) is 12.1. The van der Waals surface area contributed by atoms with Gasteiger partial charge in [-0.15, -0.1) is 0 Å². The molecule has 2 aromatic rings. The summed E-state index contributed by atoms with van der Waals surface area (Å²) in [6.07, 6.45) is 4.35. The zero-order valence-corrected chi connectivity index (χ0v) is 13.8. The van der Waals surface area contributed by atoms with Crippen LogP contribution in [0.5, 0.6) is 0 Å². The van der Waals surface area contributed by atoms with Crippen molar-refractivity contribution in [2.75, 3.05) is 13.6 Å². The molecule has 0 spiro atoms. The van der Waals surface area contributed by atoms with Crippen LogP contribution in [0.25, 0.3) is 0 Å². The van der Waals surface area contributed by atoms with Gasteiger partial charge in [0, 0.05) is 31.4 Å². The second kappa shape index (κ2) is 7.16. The maximum Gasteiger partial charge on any atom is 0.319 e. The van der Waals surface area contributed by atoms with Crippen molar-refractivity contribution in [1.82, 2.24) is 20.2 Å². The van der Waals surface area contributed by atoms with E-state index in [-0.39, 0.29) is 23.6 Å². The van der Waals surface area contributed by atoms with E-state index in [2.05, 4.69) is 20.6 Å². The lowest BCUT2D eigenvalue weighted by atomic mass is 9.95. The van der Waals surface area contributed by atoms with E-state index in [1.54, 1.807) is 19.2 Å².